The number of methoxy groups -OCH3 is 1. The molecule has 0 aliphatic heterocycles. The van der Waals surface area contributed by atoms with Gasteiger partial charge in [-0.2, -0.15) is 0 Å². The van der Waals surface area contributed by atoms with Crippen molar-refractivity contribution in [1.29, 1.82) is 0 Å². The first-order valence-corrected chi connectivity index (χ1v) is 5.81. The molecular formula is C14H20O3. The van der Waals surface area contributed by atoms with Gasteiger partial charge in [-0.05, 0) is 49.9 Å². The Balaban J connectivity index is 3.14. The number of hydrogen-bond acceptors (Lipinski definition) is 3. The highest BCUT2D eigenvalue weighted by molar-refractivity contribution is 5.98. The van der Waals surface area contributed by atoms with Crippen LogP contribution in [0.4, 0.5) is 0 Å². The van der Waals surface area contributed by atoms with E-state index >= 15 is 0 Å². The van der Waals surface area contributed by atoms with Crippen LogP contribution in [0.5, 0.6) is 5.75 Å². The second kappa shape index (κ2) is 5.82. The fourth-order valence-electron chi connectivity index (χ4n) is 2.04. The maximum atomic E-state index is 12.0. The summed E-state index contributed by atoms with van der Waals surface area (Å²) in [7, 11) is 1.64. The lowest BCUT2D eigenvalue weighted by Gasteiger charge is -2.14. The van der Waals surface area contributed by atoms with Crippen LogP contribution in [-0.2, 0) is 0 Å². The topological polar surface area (TPSA) is 46.5 Å². The summed E-state index contributed by atoms with van der Waals surface area (Å²) in [5.41, 5.74) is 3.70. The zero-order valence-corrected chi connectivity index (χ0v) is 11.0. The third-order valence-corrected chi connectivity index (χ3v) is 3.09. The number of hydrogen-bond donors (Lipinski definition) is 1. The first-order valence-electron chi connectivity index (χ1n) is 5.81. The molecule has 0 atom stereocenters. The Hall–Kier alpha value is -1.35. The molecule has 0 aliphatic rings. The summed E-state index contributed by atoms with van der Waals surface area (Å²) in [6.07, 6.45) is 0.908. The van der Waals surface area contributed by atoms with Gasteiger partial charge in [0.05, 0.1) is 7.11 Å². The molecule has 0 spiro atoms. The molecule has 0 saturated heterocycles. The van der Waals surface area contributed by atoms with E-state index in [1.165, 1.54) is 0 Å². The smallest absolute Gasteiger partial charge is 0.163 e. The van der Waals surface area contributed by atoms with Crippen LogP contribution in [0.1, 0.15) is 39.9 Å². The zero-order valence-electron chi connectivity index (χ0n) is 11.0. The van der Waals surface area contributed by atoms with Crippen LogP contribution in [0.25, 0.3) is 0 Å². The van der Waals surface area contributed by atoms with Crippen molar-refractivity contribution >= 4 is 5.78 Å². The highest BCUT2D eigenvalue weighted by atomic mass is 16.5. The zero-order chi connectivity index (χ0) is 13.0. The van der Waals surface area contributed by atoms with Crippen LogP contribution in [0.15, 0.2) is 6.07 Å². The lowest BCUT2D eigenvalue weighted by atomic mass is 9.94. The van der Waals surface area contributed by atoms with Gasteiger partial charge in [0.1, 0.15) is 5.75 Å². The second-order valence-electron chi connectivity index (χ2n) is 4.27. The van der Waals surface area contributed by atoms with Crippen LogP contribution >= 0.6 is 0 Å². The van der Waals surface area contributed by atoms with Gasteiger partial charge in [0.15, 0.2) is 5.78 Å². The monoisotopic (exact) mass is 236 g/mol. The van der Waals surface area contributed by atoms with E-state index in [0.29, 0.717) is 12.8 Å². The maximum absolute atomic E-state index is 12.0. The van der Waals surface area contributed by atoms with E-state index in [-0.39, 0.29) is 12.4 Å². The fraction of sp³-hybridized carbons (Fsp3) is 0.500. The molecule has 0 aliphatic carbocycles. The van der Waals surface area contributed by atoms with Gasteiger partial charge in [0.25, 0.3) is 0 Å². The first-order chi connectivity index (χ1) is 8.02. The Morgan fingerprint density at radius 1 is 1.29 bits per heavy atom. The predicted molar refractivity (Wildman–Crippen MR) is 67.9 cm³/mol. The summed E-state index contributed by atoms with van der Waals surface area (Å²) in [4.78, 5) is 12.0. The molecule has 0 fully saturated rings. The average molecular weight is 236 g/mol. The van der Waals surface area contributed by atoms with Crippen molar-refractivity contribution in [3.05, 3.63) is 28.3 Å². The minimum Gasteiger partial charge on any atom is -0.496 e. The number of aryl methyl sites for hydroxylation is 1. The van der Waals surface area contributed by atoms with E-state index in [2.05, 4.69) is 0 Å². The number of carbonyl (C=O) groups is 1. The lowest BCUT2D eigenvalue weighted by Crippen LogP contribution is -2.06. The van der Waals surface area contributed by atoms with Gasteiger partial charge >= 0.3 is 0 Å². The predicted octanol–water partition coefficient (Wildman–Crippen LogP) is 2.58. The van der Waals surface area contributed by atoms with Gasteiger partial charge in [0.2, 0.25) is 0 Å². The Kier molecular flexibility index (Phi) is 4.70. The molecule has 3 heteroatoms. The standard InChI is InChI=1S/C14H20O3/c1-9-8-12(13(16)6-5-7-15)10(2)11(3)14(9)17-4/h8,15H,5-7H2,1-4H3. The van der Waals surface area contributed by atoms with Crippen LogP contribution in [0, 0.1) is 20.8 Å². The quantitative estimate of drug-likeness (QED) is 0.799. The lowest BCUT2D eigenvalue weighted by molar-refractivity contribution is 0.0970. The molecule has 1 rings (SSSR count). The molecule has 0 bridgehead atoms. The molecule has 0 radical (unpaired) electrons. The summed E-state index contributed by atoms with van der Waals surface area (Å²) in [5, 5.41) is 8.75. The molecule has 1 N–H and O–H groups in total. The molecule has 0 amide bonds. The third-order valence-electron chi connectivity index (χ3n) is 3.09. The summed E-state index contributed by atoms with van der Waals surface area (Å²) in [6.45, 7) is 5.89. The number of ether oxygens (including phenoxy) is 1. The van der Waals surface area contributed by atoms with Crippen LogP contribution in [0.3, 0.4) is 0 Å². The highest BCUT2D eigenvalue weighted by Gasteiger charge is 2.15. The van der Waals surface area contributed by atoms with Gasteiger partial charge in [-0.25, -0.2) is 0 Å². The molecule has 0 saturated carbocycles. The van der Waals surface area contributed by atoms with E-state index in [9.17, 15) is 4.79 Å². The third kappa shape index (κ3) is 2.86. The molecule has 17 heavy (non-hydrogen) atoms. The van der Waals surface area contributed by atoms with Crippen LogP contribution in [-0.4, -0.2) is 24.6 Å². The Labute approximate surface area is 102 Å². The number of Topliss-reactive ketones (excluding diaryl/α,β-unsaturated/α-hetero) is 1. The summed E-state index contributed by atoms with van der Waals surface area (Å²) in [5.74, 6) is 0.937. The van der Waals surface area contributed by atoms with Gasteiger partial charge in [-0.15, -0.1) is 0 Å². The number of aliphatic hydroxyl groups is 1. The molecule has 1 aromatic carbocycles. The average Bonchev–Trinajstić information content (AvgIpc) is 2.31. The Morgan fingerprint density at radius 2 is 1.94 bits per heavy atom. The van der Waals surface area contributed by atoms with Crippen molar-refractivity contribution in [2.45, 2.75) is 33.6 Å². The van der Waals surface area contributed by atoms with Gasteiger partial charge in [-0.1, -0.05) is 0 Å². The SMILES string of the molecule is COc1c(C)cc(C(=O)CCCO)c(C)c1C. The Bertz CT molecular complexity index is 422. The Morgan fingerprint density at radius 3 is 2.47 bits per heavy atom. The number of carbonyl (C=O) groups excluding carboxylic acids is 1. The number of benzene rings is 1. The van der Waals surface area contributed by atoms with Crippen LogP contribution < -0.4 is 4.74 Å². The van der Waals surface area contributed by atoms with E-state index in [1.807, 2.05) is 26.8 Å². The largest absolute Gasteiger partial charge is 0.496 e. The minimum absolute atomic E-state index is 0.0545. The van der Waals surface area contributed by atoms with Crippen molar-refractivity contribution < 1.29 is 14.6 Å². The van der Waals surface area contributed by atoms with Gasteiger partial charge in [0, 0.05) is 18.6 Å². The van der Waals surface area contributed by atoms with Crippen molar-refractivity contribution in [2.75, 3.05) is 13.7 Å². The number of aliphatic hydroxyl groups excluding tert-OH is 1. The van der Waals surface area contributed by atoms with E-state index in [0.717, 1.165) is 28.0 Å². The second-order valence-corrected chi connectivity index (χ2v) is 4.27. The molecular weight excluding hydrogens is 216 g/mol. The number of rotatable bonds is 5. The fourth-order valence-corrected chi connectivity index (χ4v) is 2.04. The number of ketones is 1. The maximum Gasteiger partial charge on any atom is 0.163 e. The van der Waals surface area contributed by atoms with Crippen molar-refractivity contribution in [1.82, 2.24) is 0 Å². The summed E-state index contributed by atoms with van der Waals surface area (Å²) in [6, 6.07) is 1.88. The van der Waals surface area contributed by atoms with Crippen molar-refractivity contribution in [2.24, 2.45) is 0 Å². The van der Waals surface area contributed by atoms with E-state index in [4.69, 9.17) is 9.84 Å². The summed E-state index contributed by atoms with van der Waals surface area (Å²) >= 11 is 0. The molecule has 0 aromatic heterocycles. The van der Waals surface area contributed by atoms with Crippen molar-refractivity contribution in [3.63, 3.8) is 0 Å². The van der Waals surface area contributed by atoms with Crippen molar-refractivity contribution in [3.8, 4) is 5.75 Å². The van der Waals surface area contributed by atoms with E-state index < -0.39 is 0 Å². The summed E-state index contributed by atoms with van der Waals surface area (Å²) < 4.78 is 5.32. The van der Waals surface area contributed by atoms with Gasteiger partial charge in [-0.3, -0.25) is 4.79 Å². The molecule has 1 aromatic rings. The molecule has 3 nitrogen and oxygen atoms in total. The molecule has 0 heterocycles. The first kappa shape index (κ1) is 13.7. The van der Waals surface area contributed by atoms with E-state index in [1.54, 1.807) is 7.11 Å². The van der Waals surface area contributed by atoms with Gasteiger partial charge < -0.3 is 9.84 Å². The highest BCUT2D eigenvalue weighted by Crippen LogP contribution is 2.29. The molecule has 94 valence electrons. The minimum atomic E-state index is 0.0545. The molecule has 0 unspecified atom stereocenters. The normalized spacial score (nSPS) is 10.4. The van der Waals surface area contributed by atoms with Crippen LogP contribution in [0.2, 0.25) is 0 Å².